The monoisotopic (exact) mass is 314 g/mol. The number of methoxy groups -OCH3 is 1. The molecule has 2 N–H and O–H groups in total. The van der Waals surface area contributed by atoms with Crippen LogP contribution in [0.25, 0.3) is 11.5 Å². The molecule has 2 aromatic heterocycles. The Morgan fingerprint density at radius 1 is 1.26 bits per heavy atom. The summed E-state index contributed by atoms with van der Waals surface area (Å²) in [5, 5.41) is 9.00. The summed E-state index contributed by atoms with van der Waals surface area (Å²) in [6, 6.07) is 6.30. The van der Waals surface area contributed by atoms with Gasteiger partial charge in [-0.2, -0.15) is 0 Å². The molecule has 0 atom stereocenters. The number of anilines is 2. The van der Waals surface area contributed by atoms with E-state index >= 15 is 0 Å². The van der Waals surface area contributed by atoms with Gasteiger partial charge in [0, 0.05) is 6.07 Å². The van der Waals surface area contributed by atoms with Crippen molar-refractivity contribution in [3.63, 3.8) is 0 Å². The SMILES string of the molecule is COc1ccc(NC(=O)Nc2cc(C)on2)c(-c2ncco2)c1. The van der Waals surface area contributed by atoms with Gasteiger partial charge in [-0.05, 0) is 25.1 Å². The van der Waals surface area contributed by atoms with Crippen molar-refractivity contribution in [2.45, 2.75) is 6.92 Å². The lowest BCUT2D eigenvalue weighted by Gasteiger charge is -2.10. The Morgan fingerprint density at radius 2 is 2.13 bits per heavy atom. The fraction of sp³-hybridized carbons (Fsp3) is 0.133. The van der Waals surface area contributed by atoms with Gasteiger partial charge in [0.25, 0.3) is 0 Å². The molecule has 8 nitrogen and oxygen atoms in total. The highest BCUT2D eigenvalue weighted by Gasteiger charge is 2.14. The van der Waals surface area contributed by atoms with Gasteiger partial charge in [0.2, 0.25) is 5.89 Å². The molecule has 2 amide bonds. The summed E-state index contributed by atoms with van der Waals surface area (Å²) in [5.41, 5.74) is 1.12. The van der Waals surface area contributed by atoms with Crippen LogP contribution in [0.2, 0.25) is 0 Å². The number of nitrogens with one attached hydrogen (secondary N) is 2. The smallest absolute Gasteiger partial charge is 0.324 e. The van der Waals surface area contributed by atoms with Crippen LogP contribution >= 0.6 is 0 Å². The highest BCUT2D eigenvalue weighted by molar-refractivity contribution is 6.01. The largest absolute Gasteiger partial charge is 0.497 e. The van der Waals surface area contributed by atoms with Crippen molar-refractivity contribution in [1.29, 1.82) is 0 Å². The van der Waals surface area contributed by atoms with Gasteiger partial charge in [0.1, 0.15) is 17.8 Å². The molecule has 1 aromatic carbocycles. The molecule has 0 unspecified atom stereocenters. The minimum Gasteiger partial charge on any atom is -0.497 e. The van der Waals surface area contributed by atoms with Crippen LogP contribution in [0, 0.1) is 6.92 Å². The summed E-state index contributed by atoms with van der Waals surface area (Å²) in [6.07, 6.45) is 2.98. The Bertz CT molecular complexity index is 811. The molecule has 0 aliphatic carbocycles. The van der Waals surface area contributed by atoms with E-state index < -0.39 is 6.03 Å². The third-order valence-electron chi connectivity index (χ3n) is 3.01. The first kappa shape index (κ1) is 14.6. The number of oxazole rings is 1. The average Bonchev–Trinajstić information content (AvgIpc) is 3.19. The number of benzene rings is 1. The predicted molar refractivity (Wildman–Crippen MR) is 82.4 cm³/mol. The van der Waals surface area contributed by atoms with Gasteiger partial charge in [-0.1, -0.05) is 5.16 Å². The molecule has 0 spiro atoms. The Hall–Kier alpha value is -3.29. The number of hydrogen-bond donors (Lipinski definition) is 2. The second-order valence-electron chi connectivity index (χ2n) is 4.65. The number of aromatic nitrogens is 2. The molecule has 23 heavy (non-hydrogen) atoms. The van der Waals surface area contributed by atoms with Crippen molar-refractivity contribution < 1.29 is 18.5 Å². The van der Waals surface area contributed by atoms with Gasteiger partial charge in [0.15, 0.2) is 5.82 Å². The lowest BCUT2D eigenvalue weighted by Crippen LogP contribution is -2.20. The van der Waals surface area contributed by atoms with E-state index in [-0.39, 0.29) is 0 Å². The predicted octanol–water partition coefficient (Wildman–Crippen LogP) is 3.29. The van der Waals surface area contributed by atoms with Crippen molar-refractivity contribution in [3.8, 4) is 17.2 Å². The summed E-state index contributed by atoms with van der Waals surface area (Å²) in [5.74, 6) is 1.92. The van der Waals surface area contributed by atoms with Gasteiger partial charge >= 0.3 is 6.03 Å². The van der Waals surface area contributed by atoms with Crippen molar-refractivity contribution in [2.75, 3.05) is 17.7 Å². The van der Waals surface area contributed by atoms with Crippen LogP contribution in [0.3, 0.4) is 0 Å². The maximum atomic E-state index is 12.1. The third kappa shape index (κ3) is 3.31. The number of carbonyl (C=O) groups excluding carboxylic acids is 1. The van der Waals surface area contributed by atoms with Crippen LogP contribution < -0.4 is 15.4 Å². The molecular formula is C15H14N4O4. The molecule has 0 aliphatic rings. The first-order valence-electron chi connectivity index (χ1n) is 6.75. The Balaban J connectivity index is 1.83. The van der Waals surface area contributed by atoms with Gasteiger partial charge < -0.3 is 19.0 Å². The zero-order chi connectivity index (χ0) is 16.2. The molecule has 0 saturated heterocycles. The summed E-state index contributed by atoms with van der Waals surface area (Å²) >= 11 is 0. The zero-order valence-electron chi connectivity index (χ0n) is 12.5. The molecule has 0 bridgehead atoms. The highest BCUT2D eigenvalue weighted by atomic mass is 16.5. The number of ether oxygens (including phenoxy) is 1. The number of urea groups is 1. The van der Waals surface area contributed by atoms with E-state index in [4.69, 9.17) is 13.7 Å². The van der Waals surface area contributed by atoms with E-state index in [9.17, 15) is 4.79 Å². The van der Waals surface area contributed by atoms with E-state index in [0.29, 0.717) is 34.5 Å². The number of nitrogens with zero attached hydrogens (tertiary/aromatic N) is 2. The molecule has 118 valence electrons. The summed E-state index contributed by atoms with van der Waals surface area (Å²) in [7, 11) is 1.56. The summed E-state index contributed by atoms with van der Waals surface area (Å²) in [4.78, 5) is 16.2. The molecular weight excluding hydrogens is 300 g/mol. The van der Waals surface area contributed by atoms with Crippen molar-refractivity contribution in [2.24, 2.45) is 0 Å². The minimum absolute atomic E-state index is 0.325. The zero-order valence-corrected chi connectivity index (χ0v) is 12.5. The van der Waals surface area contributed by atoms with Crippen molar-refractivity contribution in [3.05, 3.63) is 42.5 Å². The van der Waals surface area contributed by atoms with Crippen molar-refractivity contribution >= 4 is 17.5 Å². The summed E-state index contributed by atoms with van der Waals surface area (Å²) < 4.78 is 15.4. The van der Waals surface area contributed by atoms with Crippen molar-refractivity contribution in [1.82, 2.24) is 10.1 Å². The third-order valence-corrected chi connectivity index (χ3v) is 3.01. The Morgan fingerprint density at radius 3 is 2.78 bits per heavy atom. The molecule has 0 fully saturated rings. The average molecular weight is 314 g/mol. The molecule has 3 aromatic rings. The van der Waals surface area contributed by atoms with Crippen LogP contribution in [-0.2, 0) is 0 Å². The van der Waals surface area contributed by atoms with E-state index in [2.05, 4.69) is 20.8 Å². The second-order valence-corrected chi connectivity index (χ2v) is 4.65. The second kappa shape index (κ2) is 6.22. The van der Waals surface area contributed by atoms with Crippen LogP contribution in [0.15, 0.2) is 45.7 Å². The molecule has 8 heteroatoms. The van der Waals surface area contributed by atoms with E-state index in [0.717, 1.165) is 0 Å². The Labute approximate surface area is 131 Å². The first-order valence-corrected chi connectivity index (χ1v) is 6.75. The number of aryl methyl sites for hydroxylation is 1. The highest BCUT2D eigenvalue weighted by Crippen LogP contribution is 2.30. The van der Waals surface area contributed by atoms with Crippen LogP contribution in [-0.4, -0.2) is 23.3 Å². The van der Waals surface area contributed by atoms with Crippen LogP contribution in [0.4, 0.5) is 16.3 Å². The first-order chi connectivity index (χ1) is 11.2. The number of rotatable bonds is 4. The molecule has 0 saturated carbocycles. The fourth-order valence-corrected chi connectivity index (χ4v) is 1.99. The number of carbonyl (C=O) groups is 1. The standard InChI is InChI=1S/C15H14N4O4/c1-9-7-13(19-23-9)18-15(20)17-12-4-3-10(21-2)8-11(12)14-16-5-6-22-14/h3-8H,1-2H3,(H2,17,18,19,20). The maximum absolute atomic E-state index is 12.1. The van der Waals surface area contributed by atoms with Crippen LogP contribution in [0.5, 0.6) is 5.75 Å². The van der Waals surface area contributed by atoms with Crippen LogP contribution in [0.1, 0.15) is 5.76 Å². The van der Waals surface area contributed by atoms with Gasteiger partial charge in [-0.15, -0.1) is 0 Å². The topological polar surface area (TPSA) is 102 Å². The van der Waals surface area contributed by atoms with Gasteiger partial charge in [-0.3, -0.25) is 5.32 Å². The van der Waals surface area contributed by atoms with E-state index in [1.165, 1.54) is 12.5 Å². The normalized spacial score (nSPS) is 10.3. The molecule has 0 aliphatic heterocycles. The Kier molecular flexibility index (Phi) is 3.96. The van der Waals surface area contributed by atoms with E-state index in [1.807, 2.05) is 0 Å². The quantitative estimate of drug-likeness (QED) is 0.766. The molecule has 3 rings (SSSR count). The molecule has 2 heterocycles. The fourth-order valence-electron chi connectivity index (χ4n) is 1.99. The number of amides is 2. The number of hydrogen-bond acceptors (Lipinski definition) is 6. The lowest BCUT2D eigenvalue weighted by atomic mass is 10.1. The van der Waals surface area contributed by atoms with Gasteiger partial charge in [0.05, 0.1) is 24.6 Å². The minimum atomic E-state index is -0.462. The van der Waals surface area contributed by atoms with E-state index in [1.54, 1.807) is 38.3 Å². The molecule has 0 radical (unpaired) electrons. The summed E-state index contributed by atoms with van der Waals surface area (Å²) in [6.45, 7) is 1.74. The maximum Gasteiger partial charge on any atom is 0.324 e. The lowest BCUT2D eigenvalue weighted by molar-refractivity contribution is 0.262. The van der Waals surface area contributed by atoms with Gasteiger partial charge in [-0.25, -0.2) is 9.78 Å².